The highest BCUT2D eigenvalue weighted by Crippen LogP contribution is 2.42. The number of ether oxygens (including phenoxy) is 9. The van der Waals surface area contributed by atoms with Gasteiger partial charge >= 0.3 is 11.9 Å². The number of sulfone groups is 1. The first-order valence-corrected chi connectivity index (χ1v) is 47.3. The van der Waals surface area contributed by atoms with Gasteiger partial charge < -0.3 is 99.0 Å². The quantitative estimate of drug-likeness (QED) is 0.0164. The van der Waals surface area contributed by atoms with Crippen LogP contribution < -0.4 is 20.5 Å². The lowest BCUT2D eigenvalue weighted by atomic mass is 9.85. The summed E-state index contributed by atoms with van der Waals surface area (Å²) < 4.78 is 131. The van der Waals surface area contributed by atoms with Gasteiger partial charge in [-0.2, -0.15) is 0 Å². The third-order valence-electron chi connectivity index (χ3n) is 19.5. The molecule has 0 aliphatic carbocycles. The molecule has 41 heteroatoms. The third-order valence-corrected chi connectivity index (χ3v) is 25.8. The molecule has 6 aromatic carbocycles. The molecule has 0 spiro atoms. The minimum atomic E-state index is -3.77. The smallest absolute Gasteiger partial charge is 0.335 e. The van der Waals surface area contributed by atoms with Gasteiger partial charge in [0.2, 0.25) is 20.0 Å². The molecule has 696 valence electrons. The molecule has 3 aliphatic rings. The number of benzene rings is 6. The van der Waals surface area contributed by atoms with Crippen LogP contribution in [0.25, 0.3) is 0 Å². The van der Waals surface area contributed by atoms with E-state index in [1.54, 1.807) is 79.7 Å². The number of aliphatic hydroxyl groups is 4. The Morgan fingerprint density at radius 1 is 0.432 bits per heavy atom. The van der Waals surface area contributed by atoms with E-state index in [-0.39, 0.29) is 106 Å². The second-order valence-corrected chi connectivity index (χ2v) is 37.3. The summed E-state index contributed by atoms with van der Waals surface area (Å²) in [4.78, 5) is 50.2. The molecule has 0 saturated heterocycles. The summed E-state index contributed by atoms with van der Waals surface area (Å²) in [5, 5.41) is 57.9. The van der Waals surface area contributed by atoms with Crippen molar-refractivity contribution in [2.75, 3.05) is 192 Å². The number of carboxylic acid groups (broad SMARTS) is 2. The predicted octanol–water partition coefficient (Wildman–Crippen LogP) is 7.65. The highest BCUT2D eigenvalue weighted by Gasteiger charge is 2.34. The topological polar surface area (TPSA) is 447 Å². The first kappa shape index (κ1) is 108. The molecule has 3 heterocycles. The summed E-state index contributed by atoms with van der Waals surface area (Å²) in [5.74, 6) is -5.08. The number of nitrogens with one attached hydrogen (secondary N) is 3. The zero-order valence-electron chi connectivity index (χ0n) is 70.4. The van der Waals surface area contributed by atoms with Crippen molar-refractivity contribution < 1.29 is 118 Å². The number of likely N-dealkylation sites (N-methyl/N-ethyl adjacent to an activating group) is 3. The van der Waals surface area contributed by atoms with Gasteiger partial charge in [0.05, 0.1) is 126 Å². The highest BCUT2D eigenvalue weighted by molar-refractivity contribution is 7.91. The number of carbonyl (C=O) groups is 4. The molecule has 0 unspecified atom stereocenters. The lowest BCUT2D eigenvalue weighted by Crippen LogP contribution is -2.46. The van der Waals surface area contributed by atoms with Crippen LogP contribution in [0.1, 0.15) is 101 Å². The fourth-order valence-corrected chi connectivity index (χ4v) is 18.5. The Kier molecular flexibility index (Phi) is 48.4. The summed E-state index contributed by atoms with van der Waals surface area (Å²) in [5.41, 5.74) is 14.2. The fraction of sp³-hybridized carbons (Fsp3) is 0.524. The van der Waals surface area contributed by atoms with E-state index in [4.69, 9.17) is 138 Å². The molecular formula is C84H115Cl6N7O25S3. The molecule has 3 aliphatic heterocycles. The standard InChI is InChI=1S/C31H43Cl2N3O9S.C25H33Cl2NO5S.C24H33Cl2N3O5S.C4H6O6/c1-3-5-28(37)29(38)30(39)31(40)34-8-10-43-12-14-45-15-13-44-11-9-35-46(41,42)23-7-4-6-21(16-23)25-19-36(2)20-26-24(25)17-22(32)18-27(26)33;1-3-31-9-10-33-12-11-32-8-5-13-34(29,30)21-7-4-6-19(14-21)23-17-28(2)18-24-22(23)15-20(26)16-25(24)27;1-29-16-22(21-14-19(25)15-24(26)23(21)17-29)18-3-2-4-20(13-18)35(30,31)28-6-8-33-10-12-34-11-9-32-7-5-27;5-1(3(7)8)2(6)4(9)10/h4,6-7,16-18,25,29-30,35,38-39H,3,5,8-15,19-20H2,1-2H3,(H,34,40);4,6-7,14-16,23H,3,5,8-13,17-18H2,1-2H3;2-4,13-15,22,28H,5-12,16-17,27H2,1H3;1-2,5-6H,(H,7,8)(H,9,10)/t25-,29+,30-;23-;22-;1-,2-/m0000/s1. The summed E-state index contributed by atoms with van der Waals surface area (Å²) in [6.45, 7) is 15.7. The minimum absolute atomic E-state index is 0.00819. The first-order valence-electron chi connectivity index (χ1n) is 40.4. The van der Waals surface area contributed by atoms with Gasteiger partial charge in [0.1, 0.15) is 6.10 Å². The summed E-state index contributed by atoms with van der Waals surface area (Å²) in [6.07, 6.45) is -7.09. The maximum Gasteiger partial charge on any atom is 0.335 e. The van der Waals surface area contributed by atoms with Crippen molar-refractivity contribution in [3.8, 4) is 0 Å². The van der Waals surface area contributed by atoms with Crippen molar-refractivity contribution >= 4 is 123 Å². The van der Waals surface area contributed by atoms with Gasteiger partial charge in [-0.1, -0.05) is 113 Å². The number of nitrogens with zero attached hydrogens (tertiary/aromatic N) is 3. The monoisotopic (exact) mass is 1930 g/mol. The molecule has 0 fully saturated rings. The van der Waals surface area contributed by atoms with Gasteiger partial charge in [-0.3, -0.25) is 9.59 Å². The maximum atomic E-state index is 13.0. The summed E-state index contributed by atoms with van der Waals surface area (Å²) >= 11 is 38.3. The van der Waals surface area contributed by atoms with Gasteiger partial charge in [-0.05, 0) is 164 Å². The Labute approximate surface area is 761 Å². The molecular weight excluding hydrogens is 1820 g/mol. The van der Waals surface area contributed by atoms with Crippen LogP contribution in [-0.2, 0) is 111 Å². The van der Waals surface area contributed by atoms with Gasteiger partial charge in [-0.25, -0.2) is 44.3 Å². The average molecular weight is 1930 g/mol. The van der Waals surface area contributed by atoms with Gasteiger partial charge in [0.15, 0.2) is 33.9 Å². The molecule has 6 aromatic rings. The molecule has 11 N–H and O–H groups in total. The van der Waals surface area contributed by atoms with Crippen LogP contribution in [0.15, 0.2) is 124 Å². The number of Topliss-reactive ketones (excluding diaryl/α,β-unsaturated/α-hetero) is 1. The van der Waals surface area contributed by atoms with Crippen molar-refractivity contribution in [2.24, 2.45) is 5.73 Å². The van der Waals surface area contributed by atoms with E-state index in [1.807, 2.05) is 64.5 Å². The van der Waals surface area contributed by atoms with Crippen molar-refractivity contribution in [3.05, 3.63) is 189 Å². The SMILES string of the molecule is CCCC(=O)[C@@H](O)[C@H](O)C(=O)NCCOCCOCCOCCNS(=O)(=O)c1cccc([C@@H]2CN(C)Cc3c(Cl)cc(Cl)cc32)c1.CCOCCOCCOCCCS(=O)(=O)c1cccc([C@@H]2CN(C)Cc3c(Cl)cc(Cl)cc32)c1.CN1Cc2c(Cl)cc(Cl)cc2[C@H](c2cccc(S(=O)(=O)NCCOCCOCCOCCN)c2)C1.O=C(O)[C@@H](O)[C@H](O)C(=O)O. The molecule has 1 amide bonds. The normalized spacial score (nSPS) is 16.4. The number of aliphatic hydroxyl groups excluding tert-OH is 4. The Balaban J connectivity index is 0.000000277. The van der Waals surface area contributed by atoms with Crippen molar-refractivity contribution in [1.29, 1.82) is 0 Å². The lowest BCUT2D eigenvalue weighted by Gasteiger charge is -2.33. The van der Waals surface area contributed by atoms with E-state index < -0.39 is 77.9 Å². The Morgan fingerprint density at radius 3 is 1.11 bits per heavy atom. The number of carboxylic acids is 2. The molecule has 0 saturated carbocycles. The average Bonchev–Trinajstić information content (AvgIpc) is 0.786. The number of hydrogen-bond donors (Lipinski definition) is 10. The second kappa shape index (κ2) is 56.1. The van der Waals surface area contributed by atoms with Crippen LogP contribution in [0.2, 0.25) is 30.1 Å². The van der Waals surface area contributed by atoms with E-state index in [0.29, 0.717) is 147 Å². The van der Waals surface area contributed by atoms with Gasteiger partial charge in [-0.15, -0.1) is 0 Å². The Bertz CT molecular complexity index is 4730. The van der Waals surface area contributed by atoms with Crippen LogP contribution in [0, 0.1) is 0 Å². The second-order valence-electron chi connectivity index (χ2n) is 29.1. The van der Waals surface area contributed by atoms with Crippen molar-refractivity contribution in [3.63, 3.8) is 0 Å². The molecule has 7 atom stereocenters. The van der Waals surface area contributed by atoms with E-state index in [1.165, 1.54) is 0 Å². The largest absolute Gasteiger partial charge is 0.479 e. The van der Waals surface area contributed by atoms with E-state index in [0.717, 1.165) is 69.7 Å². The van der Waals surface area contributed by atoms with Crippen LogP contribution in [-0.4, -0.2) is 310 Å². The predicted molar refractivity (Wildman–Crippen MR) is 475 cm³/mol. The Hall–Kier alpha value is -5.77. The van der Waals surface area contributed by atoms with Crippen LogP contribution in [0.3, 0.4) is 0 Å². The number of rotatable bonds is 50. The van der Waals surface area contributed by atoms with E-state index in [2.05, 4.69) is 29.5 Å². The summed E-state index contributed by atoms with van der Waals surface area (Å²) in [7, 11) is -4.85. The molecule has 0 bridgehead atoms. The van der Waals surface area contributed by atoms with Crippen LogP contribution in [0.5, 0.6) is 0 Å². The number of fused-ring (bicyclic) bond motifs is 3. The van der Waals surface area contributed by atoms with Crippen molar-refractivity contribution in [1.82, 2.24) is 29.5 Å². The zero-order valence-corrected chi connectivity index (χ0v) is 77.4. The number of sulfonamides is 2. The number of halogens is 6. The number of nitrogens with two attached hydrogens (primary N) is 1. The van der Waals surface area contributed by atoms with Gasteiger partial charge in [0.25, 0.3) is 5.91 Å². The number of hydrogen-bond acceptors (Lipinski definition) is 27. The first-order chi connectivity index (χ1) is 59.5. The number of ketones is 1. The third kappa shape index (κ3) is 36.5. The molecule has 0 aromatic heterocycles. The maximum absolute atomic E-state index is 13.0. The van der Waals surface area contributed by atoms with Crippen LogP contribution in [0.4, 0.5) is 0 Å². The molecule has 125 heavy (non-hydrogen) atoms. The van der Waals surface area contributed by atoms with Gasteiger partial charge in [0, 0.05) is 133 Å². The summed E-state index contributed by atoms with van der Waals surface area (Å²) in [6, 6.07) is 32.1. The highest BCUT2D eigenvalue weighted by atomic mass is 35.5. The number of aliphatic carboxylic acids is 2. The van der Waals surface area contributed by atoms with E-state index in [9.17, 15) is 54.6 Å². The number of carbonyl (C=O) groups excluding carboxylic acids is 2. The fourth-order valence-electron chi connectivity index (χ4n) is 13.3. The number of amides is 1. The van der Waals surface area contributed by atoms with Crippen molar-refractivity contribution in [2.45, 2.75) is 110 Å². The van der Waals surface area contributed by atoms with E-state index >= 15 is 0 Å². The Morgan fingerprint density at radius 2 is 0.760 bits per heavy atom. The minimum Gasteiger partial charge on any atom is -0.479 e. The molecule has 32 nitrogen and oxygen atoms in total. The molecule has 9 rings (SSSR count). The zero-order chi connectivity index (χ0) is 91.8. The molecule has 0 radical (unpaired) electrons. The van der Waals surface area contributed by atoms with Crippen LogP contribution >= 0.6 is 69.6 Å². The lowest BCUT2D eigenvalue weighted by molar-refractivity contribution is -0.165.